The summed E-state index contributed by atoms with van der Waals surface area (Å²) >= 11 is 0. The molecule has 1 atom stereocenters. The SMILES string of the molecule is CCn1nc(C)cc1C(=O)Nc1nc2cc(C(N)=O)cc(OC)c2n1CC=CCNc1c(N)cc(C(N)=O)cc1OCCCN1CCN(C(=O)O)C(C(C)(C)C)C1. The highest BCUT2D eigenvalue weighted by Gasteiger charge is 2.37. The maximum Gasteiger partial charge on any atom is 0.407 e. The molecule has 0 aliphatic carbocycles. The quantitative estimate of drug-likeness (QED) is 0.0540. The first-order chi connectivity index (χ1) is 27.0. The molecule has 4 aromatic rings. The number of nitrogens with one attached hydrogen (secondary N) is 2. The lowest BCUT2D eigenvalue weighted by Gasteiger charge is -2.46. The Morgan fingerprint density at radius 3 is 2.37 bits per heavy atom. The van der Waals surface area contributed by atoms with Crippen molar-refractivity contribution >= 4 is 52.2 Å². The highest BCUT2D eigenvalue weighted by Crippen LogP contribution is 2.34. The number of imidazole rings is 1. The monoisotopic (exact) mass is 787 g/mol. The number of nitrogens with two attached hydrogens (primary N) is 3. The van der Waals surface area contributed by atoms with Crippen molar-refractivity contribution in [3.05, 3.63) is 65.0 Å². The molecule has 1 unspecified atom stereocenters. The van der Waals surface area contributed by atoms with Crippen LogP contribution in [0.25, 0.3) is 11.0 Å². The first kappa shape index (κ1) is 41.9. The number of hydrogen-bond donors (Lipinski definition) is 6. The Hall–Kier alpha value is -6.30. The van der Waals surface area contributed by atoms with E-state index in [1.165, 1.54) is 24.1 Å². The molecule has 1 saturated heterocycles. The second kappa shape index (κ2) is 17.7. The van der Waals surface area contributed by atoms with Crippen LogP contribution >= 0.6 is 0 Å². The van der Waals surface area contributed by atoms with E-state index >= 15 is 0 Å². The molecule has 0 spiro atoms. The zero-order valence-corrected chi connectivity index (χ0v) is 33.3. The molecular weight excluding hydrogens is 734 g/mol. The number of nitrogens with zero attached hydrogens (tertiary/aromatic N) is 6. The highest BCUT2D eigenvalue weighted by molar-refractivity contribution is 6.04. The number of allylic oxidation sites excluding steroid dienone is 1. The van der Waals surface area contributed by atoms with Crippen LogP contribution in [0.2, 0.25) is 0 Å². The Morgan fingerprint density at radius 2 is 1.72 bits per heavy atom. The van der Waals surface area contributed by atoms with Gasteiger partial charge >= 0.3 is 6.09 Å². The van der Waals surface area contributed by atoms with Gasteiger partial charge in [-0.25, -0.2) is 9.78 Å². The summed E-state index contributed by atoms with van der Waals surface area (Å²) in [5.41, 5.74) is 20.5. The van der Waals surface area contributed by atoms with Crippen LogP contribution in [0, 0.1) is 12.3 Å². The maximum absolute atomic E-state index is 13.5. The molecular formula is C39H53N11O7. The van der Waals surface area contributed by atoms with Crippen molar-refractivity contribution in [2.45, 2.75) is 60.2 Å². The minimum absolute atomic E-state index is 0.143. The van der Waals surface area contributed by atoms with Gasteiger partial charge in [0.2, 0.25) is 17.8 Å². The number of piperazine rings is 1. The van der Waals surface area contributed by atoms with E-state index in [0.29, 0.717) is 91.9 Å². The van der Waals surface area contributed by atoms with Gasteiger partial charge in [0.15, 0.2) is 0 Å². The van der Waals surface area contributed by atoms with E-state index in [2.05, 4.69) is 25.6 Å². The molecule has 0 bridgehead atoms. The third-order valence-corrected chi connectivity index (χ3v) is 9.83. The van der Waals surface area contributed by atoms with Crippen molar-refractivity contribution in [3.63, 3.8) is 0 Å². The molecule has 57 heavy (non-hydrogen) atoms. The average Bonchev–Trinajstić information content (AvgIpc) is 3.71. The van der Waals surface area contributed by atoms with Crippen LogP contribution < -0.4 is 37.3 Å². The fraction of sp³-hybridized carbons (Fsp3) is 0.436. The lowest BCUT2D eigenvalue weighted by molar-refractivity contribution is 0.0203. The third kappa shape index (κ3) is 9.75. The van der Waals surface area contributed by atoms with E-state index in [1.54, 1.807) is 34.4 Å². The van der Waals surface area contributed by atoms with Crippen molar-refractivity contribution in [1.29, 1.82) is 0 Å². The molecule has 3 heterocycles. The lowest BCUT2D eigenvalue weighted by Crippen LogP contribution is -2.59. The Morgan fingerprint density at radius 1 is 1.02 bits per heavy atom. The number of nitrogen functional groups attached to an aromatic ring is 1. The zero-order chi connectivity index (χ0) is 41.6. The Kier molecular flexibility index (Phi) is 13.0. The number of methoxy groups -OCH3 is 1. The molecule has 1 fully saturated rings. The van der Waals surface area contributed by atoms with Crippen molar-refractivity contribution in [3.8, 4) is 11.5 Å². The molecule has 2 aromatic heterocycles. The van der Waals surface area contributed by atoms with Crippen LogP contribution in [0.15, 0.2) is 42.5 Å². The van der Waals surface area contributed by atoms with E-state index in [1.807, 2.05) is 39.8 Å². The standard InChI is InChI=1S/C39H53N11O7/c1-7-50-28(17-23(2)46-50)36(53)45-37-44-27-19-25(35(42)52)21-30(56-6)33(27)49(37)13-9-8-11-43-32-26(40)18-24(34(41)51)20-29(32)57-16-10-12-47-14-15-48(38(54)55)31(22-47)39(3,4)5/h8-9,17-21,31,43H,7,10-16,22,40H2,1-6H3,(H2,41,51)(H2,42,52)(H,54,55)(H,44,45,53). The van der Waals surface area contributed by atoms with Gasteiger partial charge in [0.25, 0.3) is 5.91 Å². The molecule has 4 amide bonds. The number of carbonyl (C=O) groups excluding carboxylic acids is 3. The molecule has 1 aliphatic rings. The number of primary amides is 2. The summed E-state index contributed by atoms with van der Waals surface area (Å²) in [6.45, 7) is 13.5. The Labute approximate surface area is 330 Å². The van der Waals surface area contributed by atoms with Crippen LogP contribution in [0.1, 0.15) is 71.0 Å². The number of ether oxygens (including phenoxy) is 2. The Balaban J connectivity index is 1.30. The molecule has 0 saturated carbocycles. The minimum atomic E-state index is -0.907. The lowest BCUT2D eigenvalue weighted by atomic mass is 9.84. The first-order valence-electron chi connectivity index (χ1n) is 18.7. The highest BCUT2D eigenvalue weighted by atomic mass is 16.5. The summed E-state index contributed by atoms with van der Waals surface area (Å²) in [7, 11) is 1.47. The number of benzene rings is 2. The van der Waals surface area contributed by atoms with Gasteiger partial charge in [-0.1, -0.05) is 32.9 Å². The van der Waals surface area contributed by atoms with Gasteiger partial charge < -0.3 is 46.6 Å². The molecule has 306 valence electrons. The van der Waals surface area contributed by atoms with E-state index in [0.717, 1.165) is 0 Å². The second-order valence-electron chi connectivity index (χ2n) is 14.9. The van der Waals surface area contributed by atoms with Crippen molar-refractivity contribution in [2.24, 2.45) is 16.9 Å². The minimum Gasteiger partial charge on any atom is -0.494 e. The molecule has 18 nitrogen and oxygen atoms in total. The smallest absolute Gasteiger partial charge is 0.407 e. The van der Waals surface area contributed by atoms with Gasteiger partial charge in [0.05, 0.1) is 36.7 Å². The topological polar surface area (TPSA) is 251 Å². The van der Waals surface area contributed by atoms with Crippen molar-refractivity contribution < 1.29 is 33.8 Å². The number of aromatic nitrogens is 4. The number of amides is 4. The fourth-order valence-electron chi connectivity index (χ4n) is 6.93. The summed E-state index contributed by atoms with van der Waals surface area (Å²) in [4.78, 5) is 57.9. The second-order valence-corrected chi connectivity index (χ2v) is 14.9. The largest absolute Gasteiger partial charge is 0.494 e. The molecule has 0 radical (unpaired) electrons. The average molecular weight is 788 g/mol. The number of aryl methyl sites for hydroxylation is 2. The van der Waals surface area contributed by atoms with Crippen LogP contribution in [0.4, 0.5) is 22.1 Å². The summed E-state index contributed by atoms with van der Waals surface area (Å²) in [6.07, 6.45) is 3.45. The van der Waals surface area contributed by atoms with E-state index in [9.17, 15) is 24.3 Å². The number of rotatable bonds is 16. The van der Waals surface area contributed by atoms with Gasteiger partial charge in [-0.3, -0.25) is 29.3 Å². The van der Waals surface area contributed by atoms with Crippen molar-refractivity contribution in [2.75, 3.05) is 62.8 Å². The predicted molar refractivity (Wildman–Crippen MR) is 217 cm³/mol. The van der Waals surface area contributed by atoms with E-state index < -0.39 is 23.8 Å². The number of anilines is 3. The van der Waals surface area contributed by atoms with E-state index in [4.69, 9.17) is 26.7 Å². The molecule has 9 N–H and O–H groups in total. The van der Waals surface area contributed by atoms with Crippen molar-refractivity contribution in [1.82, 2.24) is 29.1 Å². The Bertz CT molecular complexity index is 2170. The van der Waals surface area contributed by atoms with Crippen LogP contribution in [0.3, 0.4) is 0 Å². The number of carboxylic acid groups (broad SMARTS) is 1. The first-order valence-corrected chi connectivity index (χ1v) is 18.7. The van der Waals surface area contributed by atoms with Gasteiger partial charge in [0, 0.05) is 56.9 Å². The molecule has 5 rings (SSSR count). The zero-order valence-electron chi connectivity index (χ0n) is 33.3. The number of fused-ring (bicyclic) bond motifs is 1. The van der Waals surface area contributed by atoms with Gasteiger partial charge in [-0.05, 0) is 56.0 Å². The summed E-state index contributed by atoms with van der Waals surface area (Å²) in [6, 6.07) is 7.65. The summed E-state index contributed by atoms with van der Waals surface area (Å²) < 4.78 is 15.1. The fourth-order valence-corrected chi connectivity index (χ4v) is 6.93. The van der Waals surface area contributed by atoms with Crippen LogP contribution in [-0.4, -0.2) is 111 Å². The normalized spacial score (nSPS) is 14.9. The molecule has 18 heteroatoms. The predicted octanol–water partition coefficient (Wildman–Crippen LogP) is 3.75. The van der Waals surface area contributed by atoms with Gasteiger partial charge in [0.1, 0.15) is 28.4 Å². The number of carbonyl (C=O) groups is 4. The third-order valence-electron chi connectivity index (χ3n) is 9.83. The van der Waals surface area contributed by atoms with Gasteiger partial charge in [-0.15, -0.1) is 0 Å². The van der Waals surface area contributed by atoms with E-state index in [-0.39, 0.29) is 40.8 Å². The van der Waals surface area contributed by atoms with Crippen LogP contribution in [0.5, 0.6) is 11.5 Å². The van der Waals surface area contributed by atoms with Crippen LogP contribution in [-0.2, 0) is 13.1 Å². The maximum atomic E-state index is 13.5. The molecule has 2 aromatic carbocycles. The number of hydrogen-bond acceptors (Lipinski definition) is 11. The summed E-state index contributed by atoms with van der Waals surface area (Å²) in [5.74, 6) is -0.788. The van der Waals surface area contributed by atoms with Gasteiger partial charge in [-0.2, -0.15) is 5.10 Å². The summed E-state index contributed by atoms with van der Waals surface area (Å²) in [5, 5.41) is 20.3. The molecule has 1 aliphatic heterocycles.